The van der Waals surface area contributed by atoms with Crippen molar-refractivity contribution in [2.45, 2.75) is 45.3 Å². The van der Waals surface area contributed by atoms with E-state index in [2.05, 4.69) is 11.9 Å². The van der Waals surface area contributed by atoms with Crippen LogP contribution in [-0.4, -0.2) is 17.1 Å². The van der Waals surface area contributed by atoms with Gasteiger partial charge in [0.15, 0.2) is 5.69 Å². The van der Waals surface area contributed by atoms with Gasteiger partial charge in [-0.3, -0.25) is 0 Å². The van der Waals surface area contributed by atoms with Gasteiger partial charge in [0.25, 0.3) is 0 Å². The Balaban J connectivity index is 1.88. The summed E-state index contributed by atoms with van der Waals surface area (Å²) in [5.41, 5.74) is 5.86. The third kappa shape index (κ3) is 3.26. The van der Waals surface area contributed by atoms with Crippen molar-refractivity contribution in [2.75, 3.05) is 0 Å². The lowest BCUT2D eigenvalue weighted by molar-refractivity contribution is 0.0168. The van der Waals surface area contributed by atoms with E-state index in [9.17, 15) is 4.79 Å². The quantitative estimate of drug-likeness (QED) is 0.841. The van der Waals surface area contributed by atoms with E-state index in [1.54, 1.807) is 5.38 Å². The molecule has 1 fully saturated rings. The van der Waals surface area contributed by atoms with Crippen LogP contribution in [0.5, 0.6) is 0 Å². The molecular formula is C12H18N2O2S. The molecule has 0 aromatic carbocycles. The minimum absolute atomic E-state index is 0.0710. The van der Waals surface area contributed by atoms with E-state index in [0.29, 0.717) is 12.2 Å². The summed E-state index contributed by atoms with van der Waals surface area (Å²) in [6, 6.07) is 0. The molecule has 0 spiro atoms. The van der Waals surface area contributed by atoms with Gasteiger partial charge in [-0.2, -0.15) is 0 Å². The highest BCUT2D eigenvalue weighted by Gasteiger charge is 2.23. The minimum Gasteiger partial charge on any atom is -0.458 e. The molecule has 17 heavy (non-hydrogen) atoms. The highest BCUT2D eigenvalue weighted by molar-refractivity contribution is 7.09. The van der Waals surface area contributed by atoms with Crippen molar-refractivity contribution in [2.24, 2.45) is 11.7 Å². The van der Waals surface area contributed by atoms with Crippen molar-refractivity contribution in [3.05, 3.63) is 16.1 Å². The summed E-state index contributed by atoms with van der Waals surface area (Å²) in [6.45, 7) is 2.62. The van der Waals surface area contributed by atoms with E-state index in [1.165, 1.54) is 11.3 Å². The second-order valence-electron chi connectivity index (χ2n) is 4.62. The molecule has 1 aliphatic carbocycles. The predicted octanol–water partition coefficient (Wildman–Crippen LogP) is 2.34. The smallest absolute Gasteiger partial charge is 0.358 e. The van der Waals surface area contributed by atoms with Crippen LogP contribution in [0.4, 0.5) is 0 Å². The fraction of sp³-hybridized carbons (Fsp3) is 0.667. The number of thiazole rings is 1. The number of hydrogen-bond donors (Lipinski definition) is 1. The van der Waals surface area contributed by atoms with Crippen molar-refractivity contribution >= 4 is 17.3 Å². The second-order valence-corrected chi connectivity index (χ2v) is 5.56. The minimum atomic E-state index is -0.305. The van der Waals surface area contributed by atoms with Crippen LogP contribution >= 0.6 is 11.3 Å². The first-order valence-corrected chi connectivity index (χ1v) is 6.92. The highest BCUT2D eigenvalue weighted by atomic mass is 32.1. The lowest BCUT2D eigenvalue weighted by Crippen LogP contribution is -2.23. The maximum Gasteiger partial charge on any atom is 0.358 e. The van der Waals surface area contributed by atoms with Crippen LogP contribution in [0.15, 0.2) is 5.38 Å². The fourth-order valence-corrected chi connectivity index (χ4v) is 2.70. The summed E-state index contributed by atoms with van der Waals surface area (Å²) in [5, 5.41) is 2.49. The number of aromatic nitrogens is 1. The van der Waals surface area contributed by atoms with Crippen LogP contribution in [0, 0.1) is 5.92 Å². The zero-order chi connectivity index (χ0) is 12.3. The van der Waals surface area contributed by atoms with E-state index in [0.717, 1.165) is 36.6 Å². The molecule has 0 unspecified atom stereocenters. The number of ether oxygens (including phenoxy) is 1. The Morgan fingerprint density at radius 1 is 1.53 bits per heavy atom. The van der Waals surface area contributed by atoms with Gasteiger partial charge in [0.2, 0.25) is 0 Å². The number of nitrogens with zero attached hydrogens (tertiary/aromatic N) is 1. The Morgan fingerprint density at radius 3 is 2.82 bits per heavy atom. The first-order chi connectivity index (χ1) is 8.19. The predicted molar refractivity (Wildman–Crippen MR) is 66.8 cm³/mol. The lowest BCUT2D eigenvalue weighted by atomic mass is 9.89. The number of hydrogen-bond acceptors (Lipinski definition) is 5. The van der Waals surface area contributed by atoms with E-state index in [4.69, 9.17) is 10.5 Å². The van der Waals surface area contributed by atoms with Crippen LogP contribution < -0.4 is 5.73 Å². The number of esters is 1. The Hall–Kier alpha value is -0.940. The van der Waals surface area contributed by atoms with Crippen LogP contribution in [-0.2, 0) is 11.3 Å². The third-order valence-corrected chi connectivity index (χ3v) is 4.04. The largest absolute Gasteiger partial charge is 0.458 e. The van der Waals surface area contributed by atoms with Crippen molar-refractivity contribution in [3.63, 3.8) is 0 Å². The maximum absolute atomic E-state index is 11.8. The fourth-order valence-electron chi connectivity index (χ4n) is 2.06. The Labute approximate surface area is 105 Å². The van der Waals surface area contributed by atoms with Gasteiger partial charge in [-0.25, -0.2) is 9.78 Å². The molecular weight excluding hydrogens is 236 g/mol. The molecule has 1 saturated carbocycles. The Kier molecular flexibility index (Phi) is 4.12. The number of carbonyl (C=O) groups is 1. The van der Waals surface area contributed by atoms with Gasteiger partial charge in [0.1, 0.15) is 11.1 Å². The summed E-state index contributed by atoms with van der Waals surface area (Å²) in [7, 11) is 0. The molecule has 0 bridgehead atoms. The first kappa shape index (κ1) is 12.5. The number of carbonyl (C=O) groups excluding carboxylic acids is 1. The molecule has 5 heteroatoms. The van der Waals surface area contributed by atoms with Crippen molar-refractivity contribution in [1.82, 2.24) is 4.98 Å². The molecule has 1 aliphatic rings. The van der Waals surface area contributed by atoms with Crippen molar-refractivity contribution in [3.8, 4) is 0 Å². The summed E-state index contributed by atoms with van der Waals surface area (Å²) in [6.07, 6.45) is 4.30. The molecule has 0 aliphatic heterocycles. The lowest BCUT2D eigenvalue weighted by Gasteiger charge is -2.25. The van der Waals surface area contributed by atoms with Gasteiger partial charge in [0, 0.05) is 11.9 Å². The number of nitrogens with two attached hydrogens (primary N) is 1. The van der Waals surface area contributed by atoms with Crippen LogP contribution in [0.25, 0.3) is 0 Å². The topological polar surface area (TPSA) is 65.2 Å². The number of rotatable bonds is 3. The molecule has 0 atom stereocenters. The monoisotopic (exact) mass is 254 g/mol. The zero-order valence-electron chi connectivity index (χ0n) is 10.0. The van der Waals surface area contributed by atoms with Gasteiger partial charge >= 0.3 is 5.97 Å². The molecule has 0 radical (unpaired) electrons. The molecule has 94 valence electrons. The Bertz CT molecular complexity index is 384. The molecule has 1 aromatic rings. The standard InChI is InChI=1S/C12H18N2O2S/c1-8-2-4-9(5-3-8)16-12(15)10-7-17-11(6-13)14-10/h7-9H,2-6,13H2,1H3. The molecule has 1 aromatic heterocycles. The average molecular weight is 254 g/mol. The molecule has 1 heterocycles. The molecule has 0 amide bonds. The van der Waals surface area contributed by atoms with E-state index in [1.807, 2.05) is 0 Å². The van der Waals surface area contributed by atoms with Gasteiger partial charge in [-0.15, -0.1) is 11.3 Å². The highest BCUT2D eigenvalue weighted by Crippen LogP contribution is 2.26. The van der Waals surface area contributed by atoms with Gasteiger partial charge < -0.3 is 10.5 Å². The SMILES string of the molecule is CC1CCC(OC(=O)c2csc(CN)n2)CC1. The summed E-state index contributed by atoms with van der Waals surface area (Å²) >= 11 is 1.40. The van der Waals surface area contributed by atoms with E-state index < -0.39 is 0 Å². The van der Waals surface area contributed by atoms with Gasteiger partial charge in [-0.1, -0.05) is 6.92 Å². The second kappa shape index (κ2) is 5.60. The van der Waals surface area contributed by atoms with Gasteiger partial charge in [0.05, 0.1) is 0 Å². The van der Waals surface area contributed by atoms with Gasteiger partial charge in [-0.05, 0) is 31.6 Å². The average Bonchev–Trinajstić information content (AvgIpc) is 2.81. The Morgan fingerprint density at radius 2 is 2.24 bits per heavy atom. The van der Waals surface area contributed by atoms with Crippen molar-refractivity contribution < 1.29 is 9.53 Å². The van der Waals surface area contributed by atoms with E-state index >= 15 is 0 Å². The molecule has 2 N–H and O–H groups in total. The van der Waals surface area contributed by atoms with E-state index in [-0.39, 0.29) is 12.1 Å². The van der Waals surface area contributed by atoms with Crippen LogP contribution in [0.2, 0.25) is 0 Å². The third-order valence-electron chi connectivity index (χ3n) is 3.17. The maximum atomic E-state index is 11.8. The van der Waals surface area contributed by atoms with Crippen molar-refractivity contribution in [1.29, 1.82) is 0 Å². The van der Waals surface area contributed by atoms with Crippen LogP contribution in [0.3, 0.4) is 0 Å². The molecule has 2 rings (SSSR count). The summed E-state index contributed by atoms with van der Waals surface area (Å²) in [4.78, 5) is 15.9. The van der Waals surface area contributed by atoms with Crippen LogP contribution in [0.1, 0.15) is 48.1 Å². The summed E-state index contributed by atoms with van der Waals surface area (Å²) < 4.78 is 5.45. The zero-order valence-corrected chi connectivity index (χ0v) is 10.8. The summed E-state index contributed by atoms with van der Waals surface area (Å²) in [5.74, 6) is 0.452. The molecule has 0 saturated heterocycles. The first-order valence-electron chi connectivity index (χ1n) is 6.04. The molecule has 4 nitrogen and oxygen atoms in total. The normalized spacial score (nSPS) is 24.6.